The molecule has 0 atom stereocenters. The molecule has 0 aliphatic rings. The first-order valence-corrected chi connectivity index (χ1v) is 7.27. The monoisotopic (exact) mass is 338 g/mol. The van der Waals surface area contributed by atoms with Crippen molar-refractivity contribution >= 4 is 22.9 Å². The van der Waals surface area contributed by atoms with Crippen LogP contribution in [0.5, 0.6) is 5.75 Å². The van der Waals surface area contributed by atoms with Crippen LogP contribution in [0.1, 0.15) is 5.69 Å². The van der Waals surface area contributed by atoms with Gasteiger partial charge >= 0.3 is 0 Å². The van der Waals surface area contributed by atoms with Crippen LogP contribution in [0, 0.1) is 17.0 Å². The largest absolute Gasteiger partial charge is 0.506 e. The lowest BCUT2D eigenvalue weighted by Crippen LogP contribution is -2.01. The summed E-state index contributed by atoms with van der Waals surface area (Å²) in [6, 6.07) is 12.8. The number of phenolic OH excluding ortho intramolecular Hbond substituents is 1. The molecule has 0 aliphatic carbocycles. The summed E-state index contributed by atoms with van der Waals surface area (Å²) < 4.78 is 1.52. The van der Waals surface area contributed by atoms with Crippen LogP contribution in [0.4, 0.5) is 22.9 Å². The average molecular weight is 338 g/mol. The summed E-state index contributed by atoms with van der Waals surface area (Å²) in [6.45, 7) is 1.72. The van der Waals surface area contributed by atoms with E-state index in [-0.39, 0.29) is 22.9 Å². The second-order valence-corrected chi connectivity index (χ2v) is 5.20. The van der Waals surface area contributed by atoms with Crippen LogP contribution >= 0.6 is 0 Å². The summed E-state index contributed by atoms with van der Waals surface area (Å²) in [7, 11) is 0. The Morgan fingerprint density at radius 3 is 2.60 bits per heavy atom. The van der Waals surface area contributed by atoms with Gasteiger partial charge in [0, 0.05) is 12.1 Å². The van der Waals surface area contributed by atoms with Crippen molar-refractivity contribution in [1.29, 1.82) is 0 Å². The summed E-state index contributed by atoms with van der Waals surface area (Å²) >= 11 is 0. The van der Waals surface area contributed by atoms with Crippen LogP contribution in [0.2, 0.25) is 0 Å². The molecule has 3 rings (SSSR count). The van der Waals surface area contributed by atoms with Crippen molar-refractivity contribution in [3.63, 3.8) is 0 Å². The lowest BCUT2D eigenvalue weighted by Gasteiger charge is -2.02. The number of phenols is 1. The van der Waals surface area contributed by atoms with Crippen LogP contribution < -0.4 is 5.73 Å². The molecule has 0 unspecified atom stereocenters. The number of anilines is 1. The van der Waals surface area contributed by atoms with Crippen LogP contribution in [0.15, 0.2) is 58.8 Å². The van der Waals surface area contributed by atoms with Gasteiger partial charge < -0.3 is 10.8 Å². The third-order valence-electron chi connectivity index (χ3n) is 3.49. The second kappa shape index (κ2) is 6.40. The maximum atomic E-state index is 10.8. The van der Waals surface area contributed by atoms with Crippen molar-refractivity contribution in [1.82, 2.24) is 9.78 Å². The molecule has 0 radical (unpaired) electrons. The highest BCUT2D eigenvalue weighted by Crippen LogP contribution is 2.34. The smallest absolute Gasteiger partial charge is 0.271 e. The van der Waals surface area contributed by atoms with Crippen molar-refractivity contribution in [3.8, 4) is 11.4 Å². The van der Waals surface area contributed by atoms with E-state index in [9.17, 15) is 15.2 Å². The normalized spacial score (nSPS) is 11.1. The Morgan fingerprint density at radius 2 is 1.92 bits per heavy atom. The third-order valence-corrected chi connectivity index (χ3v) is 3.49. The molecule has 25 heavy (non-hydrogen) atoms. The van der Waals surface area contributed by atoms with Gasteiger partial charge in [-0.2, -0.15) is 5.10 Å². The molecule has 0 spiro atoms. The van der Waals surface area contributed by atoms with E-state index in [1.165, 1.54) is 16.8 Å². The van der Waals surface area contributed by atoms with Gasteiger partial charge in [0.1, 0.15) is 11.4 Å². The topological polar surface area (TPSA) is 132 Å². The minimum Gasteiger partial charge on any atom is -0.506 e. The zero-order valence-corrected chi connectivity index (χ0v) is 13.2. The number of benzene rings is 2. The first-order chi connectivity index (χ1) is 12.0. The molecule has 0 amide bonds. The number of nitrogens with zero attached hydrogens (tertiary/aromatic N) is 5. The predicted molar refractivity (Wildman–Crippen MR) is 91.7 cm³/mol. The molecule has 0 aliphatic heterocycles. The Kier molecular flexibility index (Phi) is 4.12. The van der Waals surface area contributed by atoms with E-state index < -0.39 is 4.92 Å². The van der Waals surface area contributed by atoms with Gasteiger partial charge in [-0.25, -0.2) is 4.68 Å². The van der Waals surface area contributed by atoms with Crippen LogP contribution in [-0.2, 0) is 0 Å². The zero-order valence-electron chi connectivity index (χ0n) is 13.2. The van der Waals surface area contributed by atoms with Crippen LogP contribution in [-0.4, -0.2) is 19.8 Å². The Bertz CT molecular complexity index is 966. The zero-order chi connectivity index (χ0) is 18.0. The molecule has 126 valence electrons. The molecule has 0 saturated heterocycles. The fraction of sp³-hybridized carbons (Fsp3) is 0.0625. The SMILES string of the molecule is Cc1nn(-c2ccccc2)c(N)c1N=Nc1cc([N+](=O)[O-])ccc1O. The van der Waals surface area contributed by atoms with Crippen LogP contribution in [0.25, 0.3) is 5.69 Å². The van der Waals surface area contributed by atoms with Gasteiger partial charge in [0.05, 0.1) is 16.3 Å². The summed E-state index contributed by atoms with van der Waals surface area (Å²) in [5.74, 6) is 0.0541. The van der Waals surface area contributed by atoms with E-state index in [0.717, 1.165) is 11.8 Å². The number of aromatic hydroxyl groups is 1. The fourth-order valence-electron chi connectivity index (χ4n) is 2.24. The average Bonchev–Trinajstić information content (AvgIpc) is 2.89. The highest BCUT2D eigenvalue weighted by molar-refractivity contribution is 5.64. The van der Waals surface area contributed by atoms with E-state index in [1.54, 1.807) is 6.92 Å². The first-order valence-electron chi connectivity index (χ1n) is 7.27. The van der Waals surface area contributed by atoms with E-state index in [0.29, 0.717) is 11.4 Å². The summed E-state index contributed by atoms with van der Waals surface area (Å²) in [4.78, 5) is 10.2. The number of nitro benzene ring substituents is 1. The van der Waals surface area contributed by atoms with Gasteiger partial charge in [-0.15, -0.1) is 10.2 Å². The number of hydrogen-bond acceptors (Lipinski definition) is 7. The van der Waals surface area contributed by atoms with E-state index in [2.05, 4.69) is 15.3 Å². The van der Waals surface area contributed by atoms with E-state index in [1.807, 2.05) is 30.3 Å². The van der Waals surface area contributed by atoms with Gasteiger partial charge in [0.25, 0.3) is 5.69 Å². The number of aromatic nitrogens is 2. The van der Waals surface area contributed by atoms with Gasteiger partial charge in [0.15, 0.2) is 11.5 Å². The van der Waals surface area contributed by atoms with Gasteiger partial charge in [-0.05, 0) is 25.1 Å². The minimum atomic E-state index is -0.578. The summed E-state index contributed by atoms with van der Waals surface area (Å²) in [5, 5.41) is 32.8. The predicted octanol–water partition coefficient (Wildman–Crippen LogP) is 3.79. The minimum absolute atomic E-state index is 0.0274. The molecule has 3 aromatic rings. The molecule has 0 saturated carbocycles. The number of aryl methyl sites for hydroxylation is 1. The molecule has 9 nitrogen and oxygen atoms in total. The highest BCUT2D eigenvalue weighted by Gasteiger charge is 2.14. The van der Waals surface area contributed by atoms with Crippen molar-refractivity contribution in [3.05, 3.63) is 64.3 Å². The number of hydrogen-bond donors (Lipinski definition) is 2. The first kappa shape index (κ1) is 16.1. The lowest BCUT2D eigenvalue weighted by atomic mass is 10.2. The molecular formula is C16H14N6O3. The van der Waals surface area contributed by atoms with E-state index in [4.69, 9.17) is 5.73 Å². The molecular weight excluding hydrogens is 324 g/mol. The number of nitrogens with two attached hydrogens (primary N) is 1. The van der Waals surface area contributed by atoms with Gasteiger partial charge in [0.2, 0.25) is 0 Å². The molecule has 1 heterocycles. The quantitative estimate of drug-likeness (QED) is 0.424. The Labute approximate surface area is 142 Å². The maximum Gasteiger partial charge on any atom is 0.271 e. The van der Waals surface area contributed by atoms with Crippen LogP contribution in [0.3, 0.4) is 0 Å². The maximum absolute atomic E-state index is 10.8. The number of rotatable bonds is 4. The number of para-hydroxylation sites is 1. The Hall–Kier alpha value is -3.75. The Balaban J connectivity index is 1.99. The van der Waals surface area contributed by atoms with Gasteiger partial charge in [-0.1, -0.05) is 18.2 Å². The molecule has 2 aromatic carbocycles. The van der Waals surface area contributed by atoms with Crippen molar-refractivity contribution in [2.75, 3.05) is 5.73 Å². The van der Waals surface area contributed by atoms with E-state index >= 15 is 0 Å². The molecule has 0 bridgehead atoms. The van der Waals surface area contributed by atoms with Gasteiger partial charge in [-0.3, -0.25) is 10.1 Å². The third kappa shape index (κ3) is 3.15. The van der Waals surface area contributed by atoms with Crippen molar-refractivity contribution < 1.29 is 10.0 Å². The molecule has 3 N–H and O–H groups in total. The second-order valence-electron chi connectivity index (χ2n) is 5.20. The summed E-state index contributed by atoms with van der Waals surface area (Å²) in [5.41, 5.74) is 7.50. The van der Waals surface area contributed by atoms with Crippen molar-refractivity contribution in [2.24, 2.45) is 10.2 Å². The Morgan fingerprint density at radius 1 is 1.20 bits per heavy atom. The number of azo groups is 1. The number of non-ortho nitro benzene ring substituents is 1. The molecule has 0 fully saturated rings. The highest BCUT2D eigenvalue weighted by atomic mass is 16.6. The number of nitrogen functional groups attached to an aromatic ring is 1. The van der Waals surface area contributed by atoms with Crippen molar-refractivity contribution in [2.45, 2.75) is 6.92 Å². The molecule has 1 aromatic heterocycles. The molecule has 9 heteroatoms. The fourth-order valence-corrected chi connectivity index (χ4v) is 2.24. The lowest BCUT2D eigenvalue weighted by molar-refractivity contribution is -0.384. The number of nitro groups is 1. The standard InChI is InChI=1S/C16H14N6O3/c1-10-15(16(17)21(20-10)11-5-3-2-4-6-11)19-18-13-9-12(22(24)25)7-8-14(13)23/h2-9,23H,17H2,1H3. The summed E-state index contributed by atoms with van der Waals surface area (Å²) in [6.07, 6.45) is 0.